The van der Waals surface area contributed by atoms with Crippen LogP contribution in [0, 0.1) is 19.8 Å². The Bertz CT molecular complexity index is 787. The van der Waals surface area contributed by atoms with E-state index in [0.29, 0.717) is 0 Å². The second kappa shape index (κ2) is 11.9. The monoisotopic (exact) mass is 527 g/mol. The molecule has 0 radical (unpaired) electrons. The van der Waals surface area contributed by atoms with Gasteiger partial charge in [0.05, 0.1) is 17.2 Å². The van der Waals surface area contributed by atoms with E-state index in [0.717, 1.165) is 42.2 Å². The molecule has 160 valence electrons. The zero-order valence-electron chi connectivity index (χ0n) is 18.0. The van der Waals surface area contributed by atoms with Crippen molar-refractivity contribution < 1.29 is 0 Å². The third-order valence-electron chi connectivity index (χ3n) is 5.27. The summed E-state index contributed by atoms with van der Waals surface area (Å²) in [6.45, 7) is 11.5. The Morgan fingerprint density at radius 2 is 1.86 bits per heavy atom. The van der Waals surface area contributed by atoms with Gasteiger partial charge in [0.2, 0.25) is 0 Å². The zero-order chi connectivity index (χ0) is 19.9. The van der Waals surface area contributed by atoms with Crippen LogP contribution in [0.25, 0.3) is 0 Å². The fourth-order valence-electron chi connectivity index (χ4n) is 3.76. The maximum absolute atomic E-state index is 4.48. The van der Waals surface area contributed by atoms with E-state index in [1.165, 1.54) is 41.9 Å². The summed E-state index contributed by atoms with van der Waals surface area (Å²) in [7, 11) is 1.81. The number of rotatable bonds is 6. The molecule has 0 saturated carbocycles. The normalized spacial score (nSPS) is 17.7. The number of hydrogen-bond donors (Lipinski definition) is 2. The average molecular weight is 528 g/mol. The Morgan fingerprint density at radius 1 is 1.17 bits per heavy atom. The Balaban J connectivity index is 0.00000300. The van der Waals surface area contributed by atoms with Gasteiger partial charge in [0.25, 0.3) is 0 Å². The van der Waals surface area contributed by atoms with Crippen LogP contribution >= 0.6 is 35.3 Å². The molecule has 1 unspecified atom stereocenters. The molecule has 1 fully saturated rings. The van der Waals surface area contributed by atoms with E-state index in [1.807, 2.05) is 14.0 Å². The van der Waals surface area contributed by atoms with E-state index in [9.17, 15) is 0 Å². The molecule has 1 aromatic carbocycles. The molecule has 2 N–H and O–H groups in total. The molecule has 3 rings (SSSR count). The van der Waals surface area contributed by atoms with Gasteiger partial charge in [-0.3, -0.25) is 9.89 Å². The molecular formula is C22H34IN5S. The van der Waals surface area contributed by atoms with Crippen molar-refractivity contribution in [2.24, 2.45) is 10.9 Å². The first-order chi connectivity index (χ1) is 13.5. The van der Waals surface area contributed by atoms with Crippen molar-refractivity contribution in [3.63, 3.8) is 0 Å². The number of thiazole rings is 1. The first-order valence-electron chi connectivity index (χ1n) is 10.2. The first kappa shape index (κ1) is 24.1. The number of aryl methyl sites for hydroxylation is 2. The van der Waals surface area contributed by atoms with E-state index in [-0.39, 0.29) is 24.0 Å². The van der Waals surface area contributed by atoms with Gasteiger partial charge in [0, 0.05) is 31.6 Å². The molecule has 1 saturated heterocycles. The molecule has 1 aliphatic rings. The number of aliphatic imine (C=N–C) groups is 1. The molecule has 1 aromatic heterocycles. The molecule has 1 atom stereocenters. The number of hydrogen-bond acceptors (Lipinski definition) is 4. The molecular weight excluding hydrogens is 493 g/mol. The van der Waals surface area contributed by atoms with Crippen molar-refractivity contribution in [1.82, 2.24) is 20.5 Å². The summed E-state index contributed by atoms with van der Waals surface area (Å²) in [6.07, 6.45) is 2.70. The van der Waals surface area contributed by atoms with Crippen LogP contribution in [0.15, 0.2) is 29.3 Å². The molecule has 5 nitrogen and oxygen atoms in total. The van der Waals surface area contributed by atoms with Crippen LogP contribution in [-0.2, 0) is 19.6 Å². The first-order valence-corrected chi connectivity index (χ1v) is 11.0. The van der Waals surface area contributed by atoms with Crippen LogP contribution in [0.3, 0.4) is 0 Å². The third kappa shape index (κ3) is 7.53. The lowest BCUT2D eigenvalue weighted by Gasteiger charge is -2.30. The number of aromatic nitrogens is 1. The summed E-state index contributed by atoms with van der Waals surface area (Å²) in [4.78, 5) is 12.6. The predicted octanol–water partition coefficient (Wildman–Crippen LogP) is 4.48. The van der Waals surface area contributed by atoms with Crippen LogP contribution < -0.4 is 10.6 Å². The van der Waals surface area contributed by atoms with E-state index in [1.54, 1.807) is 11.3 Å². The summed E-state index contributed by atoms with van der Waals surface area (Å²) in [6, 6.07) is 8.96. The smallest absolute Gasteiger partial charge is 0.191 e. The molecule has 1 aliphatic heterocycles. The summed E-state index contributed by atoms with van der Waals surface area (Å²) >= 11 is 1.74. The number of nitrogens with one attached hydrogen (secondary N) is 2. The van der Waals surface area contributed by atoms with E-state index in [4.69, 9.17) is 0 Å². The van der Waals surface area contributed by atoms with E-state index >= 15 is 0 Å². The number of guanidine groups is 1. The summed E-state index contributed by atoms with van der Waals surface area (Å²) in [5.74, 6) is 1.64. The van der Waals surface area contributed by atoms with Gasteiger partial charge in [-0.15, -0.1) is 35.3 Å². The topological polar surface area (TPSA) is 52.6 Å². The average Bonchev–Trinajstić information content (AvgIpc) is 3.00. The SMILES string of the molecule is CN=C(NCc1ccc(CN2CCCC(C)C2)cc1)NCc1sc(C)nc1C.I. The number of nitrogens with zero attached hydrogens (tertiary/aromatic N) is 3. The van der Waals surface area contributed by atoms with Crippen molar-refractivity contribution in [2.45, 2.75) is 53.2 Å². The van der Waals surface area contributed by atoms with Gasteiger partial charge in [-0.1, -0.05) is 31.2 Å². The van der Waals surface area contributed by atoms with Crippen LogP contribution in [-0.4, -0.2) is 36.0 Å². The molecule has 0 bridgehead atoms. The van der Waals surface area contributed by atoms with Gasteiger partial charge in [-0.05, 0) is 50.3 Å². The molecule has 7 heteroatoms. The van der Waals surface area contributed by atoms with Crippen molar-refractivity contribution in [3.8, 4) is 0 Å². The minimum Gasteiger partial charge on any atom is -0.352 e. The van der Waals surface area contributed by atoms with Crippen LogP contribution in [0.2, 0.25) is 0 Å². The molecule has 0 aliphatic carbocycles. The standard InChI is InChI=1S/C22H33N5S.HI/c1-16-6-5-11-27(14-16)15-20-9-7-19(8-10-20)12-24-22(23-4)25-13-21-17(2)26-18(3)28-21;/h7-10,16H,5-6,11-15H2,1-4H3,(H2,23,24,25);1H. The van der Waals surface area contributed by atoms with Gasteiger partial charge >= 0.3 is 0 Å². The van der Waals surface area contributed by atoms with Crippen LogP contribution in [0.1, 0.15) is 46.5 Å². The molecule has 29 heavy (non-hydrogen) atoms. The number of piperidine rings is 1. The Morgan fingerprint density at radius 3 is 2.48 bits per heavy atom. The largest absolute Gasteiger partial charge is 0.352 e. The fourth-order valence-corrected chi connectivity index (χ4v) is 4.64. The lowest BCUT2D eigenvalue weighted by Crippen LogP contribution is -2.36. The highest BCUT2D eigenvalue weighted by Crippen LogP contribution is 2.18. The van der Waals surface area contributed by atoms with Crippen LogP contribution in [0.4, 0.5) is 0 Å². The second-order valence-electron chi connectivity index (χ2n) is 7.82. The number of likely N-dealkylation sites (tertiary alicyclic amines) is 1. The van der Waals surface area contributed by atoms with Crippen LogP contribution in [0.5, 0.6) is 0 Å². The molecule has 2 aromatic rings. The minimum atomic E-state index is 0. The van der Waals surface area contributed by atoms with Gasteiger partial charge < -0.3 is 10.6 Å². The highest BCUT2D eigenvalue weighted by Gasteiger charge is 2.16. The quantitative estimate of drug-likeness (QED) is 0.331. The zero-order valence-corrected chi connectivity index (χ0v) is 21.1. The van der Waals surface area contributed by atoms with Gasteiger partial charge in [-0.25, -0.2) is 4.98 Å². The third-order valence-corrected chi connectivity index (χ3v) is 6.34. The minimum absolute atomic E-state index is 0. The van der Waals surface area contributed by atoms with Crippen molar-refractivity contribution >= 4 is 41.3 Å². The Kier molecular flexibility index (Phi) is 9.85. The maximum Gasteiger partial charge on any atom is 0.191 e. The van der Waals surface area contributed by atoms with E-state index in [2.05, 4.69) is 63.6 Å². The molecule has 2 heterocycles. The van der Waals surface area contributed by atoms with E-state index < -0.39 is 0 Å². The lowest BCUT2D eigenvalue weighted by molar-refractivity contribution is 0.176. The Hall–Kier alpha value is -1.19. The highest BCUT2D eigenvalue weighted by atomic mass is 127. The van der Waals surface area contributed by atoms with Gasteiger partial charge in [0.15, 0.2) is 5.96 Å². The number of benzene rings is 1. The lowest BCUT2D eigenvalue weighted by atomic mass is 9.99. The maximum atomic E-state index is 4.48. The van der Waals surface area contributed by atoms with Crippen molar-refractivity contribution in [3.05, 3.63) is 51.0 Å². The van der Waals surface area contributed by atoms with Crippen molar-refractivity contribution in [1.29, 1.82) is 0 Å². The molecule has 0 amide bonds. The fraction of sp³-hybridized carbons (Fsp3) is 0.545. The second-order valence-corrected chi connectivity index (χ2v) is 9.11. The summed E-state index contributed by atoms with van der Waals surface area (Å²) < 4.78 is 0. The number of halogens is 1. The summed E-state index contributed by atoms with van der Waals surface area (Å²) in [5, 5.41) is 7.89. The van der Waals surface area contributed by atoms with Gasteiger partial charge in [0.1, 0.15) is 0 Å². The highest BCUT2D eigenvalue weighted by molar-refractivity contribution is 14.0. The molecule has 0 spiro atoms. The Labute approximate surface area is 196 Å². The predicted molar refractivity (Wildman–Crippen MR) is 134 cm³/mol. The van der Waals surface area contributed by atoms with Gasteiger partial charge in [-0.2, -0.15) is 0 Å². The summed E-state index contributed by atoms with van der Waals surface area (Å²) in [5.41, 5.74) is 3.77. The van der Waals surface area contributed by atoms with Crippen molar-refractivity contribution in [2.75, 3.05) is 20.1 Å².